The molecule has 2 aromatic rings. The van der Waals surface area contributed by atoms with E-state index < -0.39 is 0 Å². The molecule has 5 heteroatoms. The van der Waals surface area contributed by atoms with Crippen LogP contribution in [0.4, 0.5) is 11.4 Å². The molecule has 1 aliphatic rings. The van der Waals surface area contributed by atoms with E-state index in [9.17, 15) is 10.4 Å². The van der Waals surface area contributed by atoms with Crippen molar-refractivity contribution in [3.8, 4) is 11.8 Å². The third-order valence-corrected chi connectivity index (χ3v) is 4.58. The monoisotopic (exact) mass is 337 g/mol. The molecule has 0 radical (unpaired) electrons. The predicted octanol–water partition coefficient (Wildman–Crippen LogP) is 3.14. The van der Waals surface area contributed by atoms with Crippen molar-refractivity contribution in [3.63, 3.8) is 0 Å². The number of nitriles is 1. The fourth-order valence-corrected chi connectivity index (χ4v) is 3.07. The molecule has 1 fully saturated rings. The highest BCUT2D eigenvalue weighted by Gasteiger charge is 2.19. The lowest BCUT2D eigenvalue weighted by molar-refractivity contribution is 0.145. The van der Waals surface area contributed by atoms with Crippen LogP contribution in [0.2, 0.25) is 0 Å². The largest absolute Gasteiger partial charge is 0.497 e. The summed E-state index contributed by atoms with van der Waals surface area (Å²) in [5, 5.41) is 22.5. The molecule has 1 heterocycles. The Labute approximate surface area is 148 Å². The van der Waals surface area contributed by atoms with E-state index in [1.807, 2.05) is 42.5 Å². The number of hydrogen-bond acceptors (Lipinski definition) is 5. The van der Waals surface area contributed by atoms with Crippen molar-refractivity contribution in [3.05, 3.63) is 53.6 Å². The van der Waals surface area contributed by atoms with E-state index in [1.165, 1.54) is 0 Å². The molecular weight excluding hydrogens is 314 g/mol. The van der Waals surface area contributed by atoms with Crippen molar-refractivity contribution < 1.29 is 9.84 Å². The number of piperidine rings is 1. The van der Waals surface area contributed by atoms with Crippen molar-refractivity contribution in [1.82, 2.24) is 0 Å². The smallest absolute Gasteiger partial charge is 0.118 e. The molecule has 5 nitrogen and oxygen atoms in total. The minimum atomic E-state index is -0.216. The summed E-state index contributed by atoms with van der Waals surface area (Å²) in [6.07, 6.45) is 1.29. The fraction of sp³-hybridized carbons (Fsp3) is 0.350. The first-order valence-electron chi connectivity index (χ1n) is 8.53. The summed E-state index contributed by atoms with van der Waals surface area (Å²) >= 11 is 0. The second-order valence-corrected chi connectivity index (χ2v) is 6.26. The molecule has 0 aromatic heterocycles. The highest BCUT2D eigenvalue weighted by Crippen LogP contribution is 2.27. The normalized spacial score (nSPS) is 14.8. The van der Waals surface area contributed by atoms with E-state index in [2.05, 4.69) is 16.3 Å². The maximum Gasteiger partial charge on any atom is 0.118 e. The Morgan fingerprint density at radius 3 is 2.56 bits per heavy atom. The molecule has 0 spiro atoms. The van der Waals surface area contributed by atoms with Crippen molar-refractivity contribution in [2.45, 2.75) is 25.5 Å². The van der Waals surface area contributed by atoms with Crippen LogP contribution in [0.1, 0.15) is 24.0 Å². The van der Waals surface area contributed by atoms with Crippen LogP contribution in [-0.2, 0) is 6.54 Å². The summed E-state index contributed by atoms with van der Waals surface area (Å²) < 4.78 is 5.16. The number of aliphatic hydroxyl groups excluding tert-OH is 1. The summed E-state index contributed by atoms with van der Waals surface area (Å²) in [4.78, 5) is 2.18. The number of nitrogens with one attached hydrogen (secondary N) is 1. The van der Waals surface area contributed by atoms with E-state index in [4.69, 9.17) is 4.74 Å². The Hall–Kier alpha value is -2.71. The zero-order valence-corrected chi connectivity index (χ0v) is 14.4. The van der Waals surface area contributed by atoms with Crippen LogP contribution >= 0.6 is 0 Å². The maximum atomic E-state index is 9.65. The van der Waals surface area contributed by atoms with Crippen LogP contribution in [0.5, 0.6) is 5.75 Å². The third kappa shape index (κ3) is 4.23. The molecule has 25 heavy (non-hydrogen) atoms. The van der Waals surface area contributed by atoms with Gasteiger partial charge in [0.05, 0.1) is 24.5 Å². The summed E-state index contributed by atoms with van der Waals surface area (Å²) in [6.45, 7) is 2.26. The molecular formula is C20H23N3O2. The van der Waals surface area contributed by atoms with Crippen molar-refractivity contribution in [2.24, 2.45) is 0 Å². The van der Waals surface area contributed by atoms with Gasteiger partial charge in [-0.2, -0.15) is 5.26 Å². The van der Waals surface area contributed by atoms with Gasteiger partial charge >= 0.3 is 0 Å². The van der Waals surface area contributed by atoms with E-state index in [1.54, 1.807) is 7.11 Å². The van der Waals surface area contributed by atoms with Gasteiger partial charge in [0.15, 0.2) is 0 Å². The van der Waals surface area contributed by atoms with Crippen LogP contribution < -0.4 is 15.0 Å². The first-order chi connectivity index (χ1) is 12.2. The third-order valence-electron chi connectivity index (χ3n) is 4.58. The Kier molecular flexibility index (Phi) is 5.42. The van der Waals surface area contributed by atoms with Gasteiger partial charge in [-0.1, -0.05) is 12.1 Å². The lowest BCUT2D eigenvalue weighted by Crippen LogP contribution is -2.36. The van der Waals surface area contributed by atoms with Gasteiger partial charge in [-0.05, 0) is 48.7 Å². The van der Waals surface area contributed by atoms with Gasteiger partial charge in [-0.15, -0.1) is 0 Å². The number of methoxy groups -OCH3 is 1. The lowest BCUT2D eigenvalue weighted by Gasteiger charge is -2.32. The minimum Gasteiger partial charge on any atom is -0.497 e. The summed E-state index contributed by atoms with van der Waals surface area (Å²) in [7, 11) is 1.65. The van der Waals surface area contributed by atoms with Gasteiger partial charge in [0.2, 0.25) is 0 Å². The Balaban J connectivity index is 1.67. The number of benzene rings is 2. The van der Waals surface area contributed by atoms with Gasteiger partial charge in [-0.25, -0.2) is 0 Å². The van der Waals surface area contributed by atoms with Gasteiger partial charge in [0.1, 0.15) is 11.8 Å². The second-order valence-electron chi connectivity index (χ2n) is 6.26. The number of hydrogen-bond donors (Lipinski definition) is 2. The van der Waals surface area contributed by atoms with E-state index >= 15 is 0 Å². The molecule has 0 bridgehead atoms. The molecule has 3 rings (SSSR count). The van der Waals surface area contributed by atoms with Gasteiger partial charge in [0.25, 0.3) is 0 Å². The predicted molar refractivity (Wildman–Crippen MR) is 98.9 cm³/mol. The quantitative estimate of drug-likeness (QED) is 0.877. The van der Waals surface area contributed by atoms with Crippen LogP contribution in [0.15, 0.2) is 42.5 Å². The zero-order valence-electron chi connectivity index (χ0n) is 14.4. The molecule has 1 aliphatic heterocycles. The molecule has 2 N–H and O–H groups in total. The number of ether oxygens (including phenoxy) is 1. The molecule has 0 aliphatic carbocycles. The number of anilines is 2. The van der Waals surface area contributed by atoms with Crippen LogP contribution in [0.3, 0.4) is 0 Å². The summed E-state index contributed by atoms with van der Waals surface area (Å²) in [5.74, 6) is 0.839. The Morgan fingerprint density at radius 1 is 1.20 bits per heavy atom. The molecule has 1 saturated heterocycles. The SMILES string of the molecule is COc1ccc(CNc2ccc(N3CCC(O)CC3)c(C#N)c2)cc1. The average molecular weight is 337 g/mol. The van der Waals surface area contributed by atoms with Gasteiger partial charge in [0, 0.05) is 25.3 Å². The van der Waals surface area contributed by atoms with Crippen molar-refractivity contribution in [2.75, 3.05) is 30.4 Å². The number of aliphatic hydroxyl groups is 1. The van der Waals surface area contributed by atoms with Crippen LogP contribution in [-0.4, -0.2) is 31.4 Å². The maximum absolute atomic E-state index is 9.65. The summed E-state index contributed by atoms with van der Waals surface area (Å²) in [6, 6.07) is 16.1. The van der Waals surface area contributed by atoms with E-state index in [0.717, 1.165) is 48.6 Å². The fourth-order valence-electron chi connectivity index (χ4n) is 3.07. The Morgan fingerprint density at radius 2 is 1.92 bits per heavy atom. The second kappa shape index (κ2) is 7.91. The highest BCUT2D eigenvalue weighted by molar-refractivity contribution is 5.65. The molecule has 130 valence electrons. The number of rotatable bonds is 5. The Bertz CT molecular complexity index is 745. The number of nitrogens with zero attached hydrogens (tertiary/aromatic N) is 2. The molecule has 2 aromatic carbocycles. The first kappa shape index (κ1) is 17.1. The highest BCUT2D eigenvalue weighted by atomic mass is 16.5. The van der Waals surface area contributed by atoms with Crippen molar-refractivity contribution >= 4 is 11.4 Å². The van der Waals surface area contributed by atoms with Crippen LogP contribution in [0, 0.1) is 11.3 Å². The zero-order chi connectivity index (χ0) is 17.6. The standard InChI is InChI=1S/C20H23N3O2/c1-25-19-5-2-15(3-6-19)14-22-17-4-7-20(16(12-17)13-21)23-10-8-18(24)9-11-23/h2-7,12,18,22,24H,8-11,14H2,1H3. The van der Waals surface area contributed by atoms with Crippen molar-refractivity contribution in [1.29, 1.82) is 5.26 Å². The van der Waals surface area contributed by atoms with E-state index in [-0.39, 0.29) is 6.10 Å². The topological polar surface area (TPSA) is 68.5 Å². The van der Waals surface area contributed by atoms with E-state index in [0.29, 0.717) is 12.1 Å². The summed E-state index contributed by atoms with van der Waals surface area (Å²) in [5.41, 5.74) is 3.68. The molecule has 0 amide bonds. The minimum absolute atomic E-state index is 0.216. The molecule has 0 unspecified atom stereocenters. The lowest BCUT2D eigenvalue weighted by atomic mass is 10.0. The average Bonchev–Trinajstić information content (AvgIpc) is 2.67. The van der Waals surface area contributed by atoms with Crippen LogP contribution in [0.25, 0.3) is 0 Å². The molecule has 0 atom stereocenters. The first-order valence-corrected chi connectivity index (χ1v) is 8.53. The van der Waals surface area contributed by atoms with Gasteiger partial charge in [-0.3, -0.25) is 0 Å². The van der Waals surface area contributed by atoms with Gasteiger partial charge < -0.3 is 20.1 Å². The molecule has 0 saturated carbocycles.